The summed E-state index contributed by atoms with van der Waals surface area (Å²) >= 11 is 5.97. The van der Waals surface area contributed by atoms with E-state index >= 15 is 0 Å². The smallest absolute Gasteiger partial charge is 0.319 e. The number of nitrogens with one attached hydrogen (secondary N) is 2. The summed E-state index contributed by atoms with van der Waals surface area (Å²) < 4.78 is 13.8. The van der Waals surface area contributed by atoms with Crippen molar-refractivity contribution in [2.24, 2.45) is 5.92 Å². The maximum absolute atomic E-state index is 13.8. The molecule has 5 nitrogen and oxygen atoms in total. The van der Waals surface area contributed by atoms with E-state index < -0.39 is 11.8 Å². The molecule has 23 heavy (non-hydrogen) atoms. The van der Waals surface area contributed by atoms with Crippen LogP contribution in [0, 0.1) is 11.7 Å². The molecule has 0 aliphatic heterocycles. The summed E-state index contributed by atoms with van der Waals surface area (Å²) in [6, 6.07) is 7.42. The van der Waals surface area contributed by atoms with Crippen LogP contribution in [-0.4, -0.2) is 29.3 Å². The number of pyridine rings is 1. The van der Waals surface area contributed by atoms with Gasteiger partial charge in [-0.1, -0.05) is 17.7 Å². The minimum absolute atomic E-state index is 0.188. The Morgan fingerprint density at radius 2 is 2.17 bits per heavy atom. The summed E-state index contributed by atoms with van der Waals surface area (Å²) in [4.78, 5) is 15.7. The second-order valence-electron chi connectivity index (χ2n) is 5.03. The van der Waals surface area contributed by atoms with E-state index in [0.717, 1.165) is 0 Å². The molecule has 2 aromatic rings. The molecule has 122 valence electrons. The topological polar surface area (TPSA) is 74.2 Å². The lowest BCUT2D eigenvalue weighted by Gasteiger charge is -2.16. The lowest BCUT2D eigenvalue weighted by atomic mass is 9.99. The molecule has 0 saturated carbocycles. The van der Waals surface area contributed by atoms with Crippen molar-refractivity contribution in [3.8, 4) is 0 Å². The highest BCUT2D eigenvalue weighted by Crippen LogP contribution is 2.22. The van der Waals surface area contributed by atoms with Crippen LogP contribution in [0.1, 0.15) is 5.56 Å². The van der Waals surface area contributed by atoms with Gasteiger partial charge in [-0.3, -0.25) is 4.98 Å². The van der Waals surface area contributed by atoms with Crippen LogP contribution in [0.4, 0.5) is 14.9 Å². The molecule has 2 amide bonds. The van der Waals surface area contributed by atoms with Gasteiger partial charge < -0.3 is 15.7 Å². The second kappa shape index (κ2) is 8.45. The van der Waals surface area contributed by atoms with E-state index in [1.807, 2.05) is 0 Å². The normalized spacial score (nSPS) is 11.8. The predicted octanol–water partition coefficient (Wildman–Crippen LogP) is 2.85. The number of urea groups is 1. The van der Waals surface area contributed by atoms with E-state index in [1.54, 1.807) is 24.4 Å². The third-order valence-corrected chi connectivity index (χ3v) is 3.64. The molecule has 0 fully saturated rings. The van der Waals surface area contributed by atoms with Gasteiger partial charge in [0.1, 0.15) is 5.82 Å². The summed E-state index contributed by atoms with van der Waals surface area (Å²) in [5.74, 6) is -0.764. The lowest BCUT2D eigenvalue weighted by Crippen LogP contribution is -2.35. The van der Waals surface area contributed by atoms with Crippen molar-refractivity contribution >= 4 is 23.3 Å². The van der Waals surface area contributed by atoms with Gasteiger partial charge in [-0.25, -0.2) is 9.18 Å². The first-order valence-corrected chi connectivity index (χ1v) is 7.46. The van der Waals surface area contributed by atoms with Gasteiger partial charge in [-0.15, -0.1) is 0 Å². The molecule has 2 rings (SSSR count). The summed E-state index contributed by atoms with van der Waals surface area (Å²) in [6.45, 7) is -0.00883. The Hall–Kier alpha value is -2.18. The first-order chi connectivity index (χ1) is 11.1. The number of carbonyl (C=O) groups excluding carboxylic acids is 1. The van der Waals surface area contributed by atoms with Crippen LogP contribution in [0.2, 0.25) is 5.02 Å². The number of halogens is 2. The minimum Gasteiger partial charge on any atom is -0.396 e. The van der Waals surface area contributed by atoms with Crippen molar-refractivity contribution < 1.29 is 14.3 Å². The highest BCUT2D eigenvalue weighted by molar-refractivity contribution is 6.31. The highest BCUT2D eigenvalue weighted by atomic mass is 35.5. The van der Waals surface area contributed by atoms with Crippen LogP contribution in [0.15, 0.2) is 42.7 Å². The van der Waals surface area contributed by atoms with Gasteiger partial charge in [-0.05, 0) is 30.7 Å². The number of nitrogens with zero attached hydrogens (tertiary/aromatic N) is 1. The zero-order valence-corrected chi connectivity index (χ0v) is 13.1. The van der Waals surface area contributed by atoms with Gasteiger partial charge in [0.15, 0.2) is 0 Å². The van der Waals surface area contributed by atoms with E-state index in [1.165, 1.54) is 18.3 Å². The SMILES string of the molecule is O=C(NC[C@H](CO)Cc1c(F)cccc1Cl)Nc1cccnc1. The summed E-state index contributed by atoms with van der Waals surface area (Å²) in [5, 5.41) is 15.0. The maximum atomic E-state index is 13.8. The highest BCUT2D eigenvalue weighted by Gasteiger charge is 2.15. The standard InChI is InChI=1S/C16H17ClFN3O2/c17-14-4-1-5-15(18)13(14)7-11(10-22)8-20-16(23)21-12-3-2-6-19-9-12/h1-6,9,11,22H,7-8,10H2,(H2,20,21,23)/t11-/m1/s1. The molecule has 1 aromatic heterocycles. The zero-order valence-electron chi connectivity index (χ0n) is 12.3. The molecule has 1 heterocycles. The quantitative estimate of drug-likeness (QED) is 0.758. The summed E-state index contributed by atoms with van der Waals surface area (Å²) in [5.41, 5.74) is 0.894. The molecule has 0 radical (unpaired) electrons. The number of aliphatic hydroxyl groups is 1. The number of aromatic nitrogens is 1. The van der Waals surface area contributed by atoms with Gasteiger partial charge in [0, 0.05) is 35.9 Å². The molecular formula is C16H17ClFN3O2. The van der Waals surface area contributed by atoms with Crippen molar-refractivity contribution in [2.75, 3.05) is 18.5 Å². The lowest BCUT2D eigenvalue weighted by molar-refractivity contribution is 0.217. The average molecular weight is 338 g/mol. The van der Waals surface area contributed by atoms with Crippen molar-refractivity contribution in [3.05, 3.63) is 59.1 Å². The van der Waals surface area contributed by atoms with Crippen LogP contribution >= 0.6 is 11.6 Å². The number of hydrogen-bond acceptors (Lipinski definition) is 3. The number of hydrogen-bond donors (Lipinski definition) is 3. The molecular weight excluding hydrogens is 321 g/mol. The number of amides is 2. The molecule has 1 aromatic carbocycles. The van der Waals surface area contributed by atoms with Crippen molar-refractivity contribution in [1.29, 1.82) is 0 Å². The Bertz CT molecular complexity index is 635. The Labute approximate surface area is 138 Å². The molecule has 0 spiro atoms. The number of anilines is 1. The van der Waals surface area contributed by atoms with Crippen LogP contribution in [-0.2, 0) is 6.42 Å². The van der Waals surface area contributed by atoms with Gasteiger partial charge in [0.05, 0.1) is 11.9 Å². The van der Waals surface area contributed by atoms with Crippen molar-refractivity contribution in [1.82, 2.24) is 10.3 Å². The van der Waals surface area contributed by atoms with E-state index in [0.29, 0.717) is 16.3 Å². The van der Waals surface area contributed by atoms with Crippen LogP contribution in [0.25, 0.3) is 0 Å². The molecule has 0 unspecified atom stereocenters. The Morgan fingerprint density at radius 1 is 1.35 bits per heavy atom. The van der Waals surface area contributed by atoms with E-state index in [2.05, 4.69) is 15.6 Å². The molecule has 7 heteroatoms. The average Bonchev–Trinajstić information content (AvgIpc) is 2.55. The van der Waals surface area contributed by atoms with Gasteiger partial charge in [-0.2, -0.15) is 0 Å². The Balaban J connectivity index is 1.89. The molecule has 0 aliphatic rings. The van der Waals surface area contributed by atoms with E-state index in [9.17, 15) is 14.3 Å². The summed E-state index contributed by atoms with van der Waals surface area (Å²) in [6.07, 6.45) is 3.35. The van der Waals surface area contributed by atoms with Gasteiger partial charge in [0.2, 0.25) is 0 Å². The van der Waals surface area contributed by atoms with E-state index in [4.69, 9.17) is 11.6 Å². The van der Waals surface area contributed by atoms with Crippen molar-refractivity contribution in [3.63, 3.8) is 0 Å². The summed E-state index contributed by atoms with van der Waals surface area (Å²) in [7, 11) is 0. The van der Waals surface area contributed by atoms with Gasteiger partial charge >= 0.3 is 6.03 Å². The fourth-order valence-electron chi connectivity index (χ4n) is 2.07. The first kappa shape index (κ1) is 17.2. The predicted molar refractivity (Wildman–Crippen MR) is 86.9 cm³/mol. The Kier molecular flexibility index (Phi) is 6.31. The zero-order chi connectivity index (χ0) is 16.7. The molecule has 0 saturated heterocycles. The number of benzene rings is 1. The largest absolute Gasteiger partial charge is 0.396 e. The molecule has 0 bridgehead atoms. The maximum Gasteiger partial charge on any atom is 0.319 e. The number of aliphatic hydroxyl groups excluding tert-OH is 1. The molecule has 1 atom stereocenters. The third kappa shape index (κ3) is 5.19. The first-order valence-electron chi connectivity index (χ1n) is 7.08. The number of carbonyl (C=O) groups is 1. The second-order valence-corrected chi connectivity index (χ2v) is 5.44. The molecule has 3 N–H and O–H groups in total. The fraction of sp³-hybridized carbons (Fsp3) is 0.250. The Morgan fingerprint density at radius 3 is 2.83 bits per heavy atom. The van der Waals surface area contributed by atoms with Crippen molar-refractivity contribution in [2.45, 2.75) is 6.42 Å². The minimum atomic E-state index is -0.421. The third-order valence-electron chi connectivity index (χ3n) is 3.28. The van der Waals surface area contributed by atoms with Crippen LogP contribution in [0.5, 0.6) is 0 Å². The van der Waals surface area contributed by atoms with Crippen LogP contribution < -0.4 is 10.6 Å². The van der Waals surface area contributed by atoms with Crippen LogP contribution in [0.3, 0.4) is 0 Å². The van der Waals surface area contributed by atoms with E-state index in [-0.39, 0.29) is 25.5 Å². The monoisotopic (exact) mass is 337 g/mol. The molecule has 0 aliphatic carbocycles. The van der Waals surface area contributed by atoms with Gasteiger partial charge in [0.25, 0.3) is 0 Å². The number of rotatable bonds is 6. The fourth-order valence-corrected chi connectivity index (χ4v) is 2.31.